The molecule has 0 saturated heterocycles. The Morgan fingerprint density at radius 2 is 1.10 bits per heavy atom. The van der Waals surface area contributed by atoms with Crippen LogP contribution in [0, 0.1) is 0 Å². The Hall–Kier alpha value is -6.72. The predicted molar refractivity (Wildman–Crippen MR) is 208 cm³/mol. The third-order valence-corrected chi connectivity index (χ3v) is 10.9. The molecule has 3 heterocycles. The van der Waals surface area contributed by atoms with E-state index in [1.165, 1.54) is 33.5 Å². The molecule has 0 bridgehead atoms. The highest BCUT2D eigenvalue weighted by atomic mass is 15.1. The van der Waals surface area contributed by atoms with Crippen molar-refractivity contribution in [1.82, 2.24) is 24.5 Å². The van der Waals surface area contributed by atoms with Gasteiger partial charge in [0.1, 0.15) is 11.2 Å². The summed E-state index contributed by atoms with van der Waals surface area (Å²) >= 11 is 0. The van der Waals surface area contributed by atoms with Gasteiger partial charge in [-0.15, -0.1) is 0 Å². The highest BCUT2D eigenvalue weighted by Crippen LogP contribution is 2.61. The Kier molecular flexibility index (Phi) is 6.23. The molecule has 3 aliphatic rings. The molecule has 1 aliphatic heterocycles. The Morgan fingerprint density at radius 3 is 1.83 bits per heavy atom. The van der Waals surface area contributed by atoms with Crippen molar-refractivity contribution in [3.63, 3.8) is 0 Å². The van der Waals surface area contributed by atoms with Gasteiger partial charge in [0.15, 0.2) is 17.5 Å². The van der Waals surface area contributed by atoms with E-state index in [1.54, 1.807) is 0 Å². The third kappa shape index (κ3) is 4.11. The van der Waals surface area contributed by atoms with E-state index in [0.717, 1.165) is 57.5 Å². The van der Waals surface area contributed by atoms with Crippen molar-refractivity contribution >= 4 is 16.6 Å². The second-order valence-electron chi connectivity index (χ2n) is 13.7. The highest BCUT2D eigenvalue weighted by molar-refractivity contribution is 5.93. The number of imidazole rings is 1. The van der Waals surface area contributed by atoms with E-state index in [0.29, 0.717) is 17.5 Å². The van der Waals surface area contributed by atoms with Crippen LogP contribution in [0.4, 0.5) is 0 Å². The molecule has 1 spiro atoms. The van der Waals surface area contributed by atoms with Crippen molar-refractivity contribution in [2.45, 2.75) is 18.3 Å². The first-order valence-corrected chi connectivity index (χ1v) is 17.9. The summed E-state index contributed by atoms with van der Waals surface area (Å²) in [6.07, 6.45) is 6.81. The molecule has 6 aromatic carbocycles. The maximum atomic E-state index is 5.41. The van der Waals surface area contributed by atoms with Crippen molar-refractivity contribution in [3.05, 3.63) is 192 Å². The van der Waals surface area contributed by atoms with Gasteiger partial charge in [-0.1, -0.05) is 140 Å². The lowest BCUT2D eigenvalue weighted by Gasteiger charge is -2.29. The van der Waals surface area contributed by atoms with Gasteiger partial charge in [-0.3, -0.25) is 4.57 Å². The maximum absolute atomic E-state index is 5.41. The summed E-state index contributed by atoms with van der Waals surface area (Å²) in [5.41, 5.74) is 14.8. The zero-order valence-corrected chi connectivity index (χ0v) is 28.2. The Morgan fingerprint density at radius 1 is 0.500 bits per heavy atom. The van der Waals surface area contributed by atoms with Crippen LogP contribution in [0.5, 0.6) is 0 Å². The minimum Gasteiger partial charge on any atom is -0.295 e. The Bertz CT molecular complexity index is 2720. The van der Waals surface area contributed by atoms with Crippen molar-refractivity contribution in [3.8, 4) is 51.0 Å². The minimum atomic E-state index is -0.486. The second-order valence-corrected chi connectivity index (χ2v) is 13.7. The lowest BCUT2D eigenvalue weighted by atomic mass is 9.71. The molecule has 2 aromatic heterocycles. The topological polar surface area (TPSA) is 56.5 Å². The average Bonchev–Trinajstić information content (AvgIpc) is 3.85. The molecule has 0 amide bonds. The van der Waals surface area contributed by atoms with Gasteiger partial charge in [-0.05, 0) is 76.1 Å². The van der Waals surface area contributed by atoms with E-state index in [1.807, 2.05) is 60.7 Å². The number of hydrogen-bond donors (Lipinski definition) is 0. The van der Waals surface area contributed by atoms with Gasteiger partial charge in [0.05, 0.1) is 16.7 Å². The van der Waals surface area contributed by atoms with E-state index < -0.39 is 5.41 Å². The molecule has 0 fully saturated rings. The molecule has 0 N–H and O–H groups in total. The van der Waals surface area contributed by atoms with E-state index in [2.05, 4.69) is 108 Å². The molecule has 0 radical (unpaired) electrons. The summed E-state index contributed by atoms with van der Waals surface area (Å²) in [6.45, 7) is 0. The molecular formula is C47H31N5. The molecule has 0 saturated carbocycles. The average molecular weight is 666 g/mol. The fourth-order valence-corrected chi connectivity index (χ4v) is 8.65. The van der Waals surface area contributed by atoms with Crippen LogP contribution in [-0.2, 0) is 5.41 Å². The lowest BCUT2D eigenvalue weighted by Crippen LogP contribution is -2.28. The number of para-hydroxylation sites is 2. The van der Waals surface area contributed by atoms with Crippen molar-refractivity contribution in [1.29, 1.82) is 0 Å². The number of fused-ring (bicyclic) bond motifs is 11. The zero-order chi connectivity index (χ0) is 34.2. The Labute approximate surface area is 301 Å². The van der Waals surface area contributed by atoms with Gasteiger partial charge >= 0.3 is 0 Å². The number of allylic oxidation sites excluding steroid dienone is 4. The molecule has 2 aliphatic carbocycles. The van der Waals surface area contributed by atoms with Crippen LogP contribution < -0.4 is 0 Å². The van der Waals surface area contributed by atoms with Gasteiger partial charge < -0.3 is 0 Å². The molecule has 5 nitrogen and oxygen atoms in total. The first-order valence-electron chi connectivity index (χ1n) is 17.9. The van der Waals surface area contributed by atoms with E-state index in [9.17, 15) is 0 Å². The standard InChI is InChI=1S/C47H31N5/c1-3-13-31(14-4-1)43-49-44(32-15-5-2-6-16-32)51-45(50-43)33-25-23-30(24-26-33)34-27-28-41-39(29-34)47(46-48-40-21-11-12-22-42(40)52(41)46)37-19-9-7-17-35(37)36-18-8-10-20-38(36)47/h1-7,9-17,19-29H,8,18H2. The van der Waals surface area contributed by atoms with Crippen LogP contribution in [0.3, 0.4) is 0 Å². The van der Waals surface area contributed by atoms with Crippen molar-refractivity contribution in [2.24, 2.45) is 0 Å². The van der Waals surface area contributed by atoms with Gasteiger partial charge in [-0.2, -0.15) is 0 Å². The molecular weight excluding hydrogens is 635 g/mol. The van der Waals surface area contributed by atoms with E-state index in [-0.39, 0.29) is 0 Å². The van der Waals surface area contributed by atoms with Gasteiger partial charge in [0.2, 0.25) is 0 Å². The Balaban J connectivity index is 1.06. The monoisotopic (exact) mass is 665 g/mol. The van der Waals surface area contributed by atoms with Gasteiger partial charge in [0.25, 0.3) is 0 Å². The molecule has 11 rings (SSSR count). The first kappa shape index (κ1) is 29.1. The molecule has 1 atom stereocenters. The largest absolute Gasteiger partial charge is 0.295 e. The van der Waals surface area contributed by atoms with Gasteiger partial charge in [0, 0.05) is 16.7 Å². The van der Waals surface area contributed by atoms with E-state index >= 15 is 0 Å². The third-order valence-electron chi connectivity index (χ3n) is 10.9. The highest BCUT2D eigenvalue weighted by Gasteiger charge is 2.55. The van der Waals surface area contributed by atoms with Crippen LogP contribution in [0.25, 0.3) is 67.6 Å². The van der Waals surface area contributed by atoms with Crippen LogP contribution in [0.1, 0.15) is 35.4 Å². The number of hydrogen-bond acceptors (Lipinski definition) is 4. The van der Waals surface area contributed by atoms with Crippen LogP contribution in [0.15, 0.2) is 169 Å². The first-order chi connectivity index (χ1) is 25.8. The number of benzene rings is 6. The van der Waals surface area contributed by atoms with Crippen LogP contribution >= 0.6 is 0 Å². The summed E-state index contributed by atoms with van der Waals surface area (Å²) in [6, 6.07) is 53.3. The SMILES string of the molecule is C1=CC2=C(CC1)c1ccccc1C21c2cc(-c3ccc(-c4nc(-c5ccccc5)nc(-c5ccccc5)n4)cc3)ccc2-n2c1nc1ccccc12. The summed E-state index contributed by atoms with van der Waals surface area (Å²) in [7, 11) is 0. The lowest BCUT2D eigenvalue weighted by molar-refractivity contribution is 0.728. The molecule has 1 unspecified atom stereocenters. The van der Waals surface area contributed by atoms with Crippen LogP contribution in [-0.4, -0.2) is 24.5 Å². The molecule has 5 heteroatoms. The fraction of sp³-hybridized carbons (Fsp3) is 0.0638. The zero-order valence-electron chi connectivity index (χ0n) is 28.2. The van der Waals surface area contributed by atoms with Crippen molar-refractivity contribution < 1.29 is 0 Å². The minimum absolute atomic E-state index is 0.486. The summed E-state index contributed by atoms with van der Waals surface area (Å²) in [5, 5.41) is 0. The van der Waals surface area contributed by atoms with Crippen LogP contribution in [0.2, 0.25) is 0 Å². The fourth-order valence-electron chi connectivity index (χ4n) is 8.65. The molecule has 8 aromatic rings. The second kappa shape index (κ2) is 11.1. The summed E-state index contributed by atoms with van der Waals surface area (Å²) in [5.74, 6) is 3.04. The molecule has 52 heavy (non-hydrogen) atoms. The maximum Gasteiger partial charge on any atom is 0.164 e. The quantitative estimate of drug-likeness (QED) is 0.188. The summed E-state index contributed by atoms with van der Waals surface area (Å²) in [4.78, 5) is 20.2. The smallest absolute Gasteiger partial charge is 0.164 e. The normalized spacial score (nSPS) is 16.6. The van der Waals surface area contributed by atoms with Crippen molar-refractivity contribution in [2.75, 3.05) is 0 Å². The number of rotatable bonds is 4. The number of aromatic nitrogens is 5. The summed E-state index contributed by atoms with van der Waals surface area (Å²) < 4.78 is 2.40. The van der Waals surface area contributed by atoms with E-state index in [4.69, 9.17) is 19.9 Å². The van der Waals surface area contributed by atoms with Gasteiger partial charge in [-0.25, -0.2) is 19.9 Å². The predicted octanol–water partition coefficient (Wildman–Crippen LogP) is 10.6. The number of nitrogens with zero attached hydrogens (tertiary/aromatic N) is 5. The molecule has 244 valence electrons.